The van der Waals surface area contributed by atoms with Gasteiger partial charge in [0, 0.05) is 12.6 Å². The topological polar surface area (TPSA) is 55.8 Å². The molecule has 2 aromatic rings. The second kappa shape index (κ2) is 7.13. The summed E-state index contributed by atoms with van der Waals surface area (Å²) in [4.78, 5) is 0.169. The van der Waals surface area contributed by atoms with E-state index in [9.17, 15) is 8.42 Å². The van der Waals surface area contributed by atoms with Crippen LogP contribution >= 0.6 is 0 Å². The second-order valence-electron chi connectivity index (χ2n) is 5.41. The molecule has 0 unspecified atom stereocenters. The molecule has 2 aromatic carbocycles. The van der Waals surface area contributed by atoms with Gasteiger partial charge in [0.25, 0.3) is 10.0 Å². The average Bonchev–Trinajstić information content (AvgIpc) is 2.58. The number of nitrogens with zero attached hydrogens (tertiary/aromatic N) is 1. The first-order chi connectivity index (χ1) is 11.4. The van der Waals surface area contributed by atoms with Gasteiger partial charge >= 0.3 is 0 Å². The molecule has 6 heteroatoms. The molecule has 0 heterocycles. The molecule has 0 saturated heterocycles. The van der Waals surface area contributed by atoms with E-state index in [1.807, 2.05) is 39.0 Å². The van der Waals surface area contributed by atoms with Crippen LogP contribution < -0.4 is 13.8 Å². The molecule has 0 fully saturated rings. The van der Waals surface area contributed by atoms with Crippen LogP contribution in [0.5, 0.6) is 11.5 Å². The van der Waals surface area contributed by atoms with E-state index in [2.05, 4.69) is 0 Å². The van der Waals surface area contributed by atoms with Gasteiger partial charge in [0.1, 0.15) is 0 Å². The third kappa shape index (κ3) is 3.19. The summed E-state index contributed by atoms with van der Waals surface area (Å²) < 4.78 is 38.1. The highest BCUT2D eigenvalue weighted by atomic mass is 32.2. The van der Waals surface area contributed by atoms with E-state index in [1.165, 1.54) is 30.7 Å². The highest BCUT2D eigenvalue weighted by Gasteiger charge is 2.26. The fraction of sp³-hybridized carbons (Fsp3) is 0.333. The zero-order valence-corrected chi connectivity index (χ0v) is 15.5. The molecule has 0 atom stereocenters. The lowest BCUT2D eigenvalue weighted by atomic mass is 10.1. The van der Waals surface area contributed by atoms with Crippen molar-refractivity contribution < 1.29 is 17.9 Å². The predicted octanol–water partition coefficient (Wildman–Crippen LogP) is 3.54. The summed E-state index contributed by atoms with van der Waals surface area (Å²) in [5.41, 5.74) is 2.68. The highest BCUT2D eigenvalue weighted by molar-refractivity contribution is 7.92. The van der Waals surface area contributed by atoms with Crippen LogP contribution in [-0.4, -0.2) is 29.2 Å². The van der Waals surface area contributed by atoms with E-state index >= 15 is 0 Å². The largest absolute Gasteiger partial charge is 0.493 e. The van der Waals surface area contributed by atoms with Crippen LogP contribution in [0, 0.1) is 13.8 Å². The summed E-state index contributed by atoms with van der Waals surface area (Å²) in [5.74, 6) is 0.877. The van der Waals surface area contributed by atoms with Crippen molar-refractivity contribution in [2.75, 3.05) is 25.1 Å². The van der Waals surface area contributed by atoms with E-state index in [0.29, 0.717) is 23.7 Å². The Hall–Kier alpha value is -2.21. The Bertz CT molecular complexity index is 831. The zero-order chi connectivity index (χ0) is 17.9. The molecule has 0 bridgehead atoms. The van der Waals surface area contributed by atoms with Crippen LogP contribution in [0.15, 0.2) is 41.3 Å². The molecule has 130 valence electrons. The number of benzene rings is 2. The van der Waals surface area contributed by atoms with Gasteiger partial charge < -0.3 is 9.47 Å². The van der Waals surface area contributed by atoms with Crippen molar-refractivity contribution in [3.05, 3.63) is 47.5 Å². The second-order valence-corrected chi connectivity index (χ2v) is 7.27. The van der Waals surface area contributed by atoms with Gasteiger partial charge in [0.2, 0.25) is 0 Å². The predicted molar refractivity (Wildman–Crippen MR) is 95.7 cm³/mol. The molecule has 0 amide bonds. The summed E-state index contributed by atoms with van der Waals surface area (Å²) in [6, 6.07) is 10.3. The van der Waals surface area contributed by atoms with Gasteiger partial charge in [-0.15, -0.1) is 0 Å². The Balaban J connectivity index is 2.57. The maximum Gasteiger partial charge on any atom is 0.264 e. The van der Waals surface area contributed by atoms with E-state index in [-0.39, 0.29) is 4.90 Å². The number of anilines is 1. The lowest BCUT2D eigenvalue weighted by Crippen LogP contribution is -2.31. The molecule has 0 radical (unpaired) electrons. The maximum absolute atomic E-state index is 13.1. The van der Waals surface area contributed by atoms with Crippen molar-refractivity contribution in [3.8, 4) is 11.5 Å². The number of hydrogen-bond donors (Lipinski definition) is 0. The minimum atomic E-state index is -3.70. The van der Waals surface area contributed by atoms with Crippen molar-refractivity contribution >= 4 is 15.7 Å². The molecular weight excluding hydrogens is 326 g/mol. The van der Waals surface area contributed by atoms with Gasteiger partial charge in [-0.1, -0.05) is 12.1 Å². The lowest BCUT2D eigenvalue weighted by molar-refractivity contribution is 0.354. The Morgan fingerprint density at radius 2 is 1.67 bits per heavy atom. The normalized spacial score (nSPS) is 11.2. The molecule has 0 aliphatic heterocycles. The summed E-state index contributed by atoms with van der Waals surface area (Å²) in [5, 5.41) is 0. The SMILES string of the molecule is CCN(c1cccc(C)c1C)S(=O)(=O)c1ccc(OC)c(OC)c1. The third-order valence-electron chi connectivity index (χ3n) is 4.07. The number of rotatable bonds is 6. The molecule has 0 spiro atoms. The van der Waals surface area contributed by atoms with Crippen molar-refractivity contribution in [2.24, 2.45) is 0 Å². The summed E-state index contributed by atoms with van der Waals surface area (Å²) in [6.07, 6.45) is 0. The molecule has 0 aromatic heterocycles. The van der Waals surface area contributed by atoms with E-state index in [0.717, 1.165) is 11.1 Å². The van der Waals surface area contributed by atoms with Crippen molar-refractivity contribution in [1.29, 1.82) is 0 Å². The third-order valence-corrected chi connectivity index (χ3v) is 5.96. The molecule has 0 aliphatic rings. The van der Waals surface area contributed by atoms with Crippen LogP contribution in [0.3, 0.4) is 0 Å². The van der Waals surface area contributed by atoms with Crippen molar-refractivity contribution in [1.82, 2.24) is 0 Å². The Morgan fingerprint density at radius 1 is 1.00 bits per heavy atom. The van der Waals surface area contributed by atoms with Crippen LogP contribution in [-0.2, 0) is 10.0 Å². The molecule has 0 N–H and O–H groups in total. The zero-order valence-electron chi connectivity index (χ0n) is 14.7. The monoisotopic (exact) mass is 349 g/mol. The molecule has 24 heavy (non-hydrogen) atoms. The smallest absolute Gasteiger partial charge is 0.264 e. The van der Waals surface area contributed by atoms with Gasteiger partial charge in [-0.05, 0) is 50.1 Å². The fourth-order valence-corrected chi connectivity index (χ4v) is 4.13. The average molecular weight is 349 g/mol. The number of ether oxygens (including phenoxy) is 2. The Kier molecular flexibility index (Phi) is 5.39. The standard InChI is InChI=1S/C18H23NO4S/c1-6-19(16-9-7-8-13(2)14(16)3)24(20,21)15-10-11-17(22-4)18(12-15)23-5/h7-12H,6H2,1-5H3. The first-order valence-electron chi connectivity index (χ1n) is 7.67. The number of aryl methyl sites for hydroxylation is 1. The molecule has 0 saturated carbocycles. The van der Waals surface area contributed by atoms with Gasteiger partial charge in [-0.25, -0.2) is 8.42 Å². The van der Waals surface area contributed by atoms with Gasteiger partial charge in [-0.2, -0.15) is 0 Å². The first kappa shape index (κ1) is 18.1. The van der Waals surface area contributed by atoms with Crippen LogP contribution in [0.1, 0.15) is 18.1 Å². The van der Waals surface area contributed by atoms with Crippen LogP contribution in [0.25, 0.3) is 0 Å². The fourth-order valence-electron chi connectivity index (χ4n) is 2.58. The summed E-state index contributed by atoms with van der Waals surface area (Å²) in [6.45, 7) is 6.05. The summed E-state index contributed by atoms with van der Waals surface area (Å²) >= 11 is 0. The maximum atomic E-state index is 13.1. The Morgan fingerprint density at radius 3 is 2.25 bits per heavy atom. The Labute approximate surface area is 143 Å². The van der Waals surface area contributed by atoms with E-state index < -0.39 is 10.0 Å². The quantitative estimate of drug-likeness (QED) is 0.800. The number of sulfonamides is 1. The minimum absolute atomic E-state index is 0.169. The lowest BCUT2D eigenvalue weighted by Gasteiger charge is -2.25. The minimum Gasteiger partial charge on any atom is -0.493 e. The van der Waals surface area contributed by atoms with Gasteiger partial charge in [-0.3, -0.25) is 4.31 Å². The van der Waals surface area contributed by atoms with Gasteiger partial charge in [0.05, 0.1) is 24.8 Å². The summed E-state index contributed by atoms with van der Waals surface area (Å²) in [7, 11) is -0.706. The first-order valence-corrected chi connectivity index (χ1v) is 9.11. The van der Waals surface area contributed by atoms with Crippen LogP contribution in [0.4, 0.5) is 5.69 Å². The highest BCUT2D eigenvalue weighted by Crippen LogP contribution is 2.33. The molecule has 5 nitrogen and oxygen atoms in total. The number of hydrogen-bond acceptors (Lipinski definition) is 4. The molecule has 2 rings (SSSR count). The van der Waals surface area contributed by atoms with E-state index in [4.69, 9.17) is 9.47 Å². The number of methoxy groups -OCH3 is 2. The van der Waals surface area contributed by atoms with Crippen molar-refractivity contribution in [2.45, 2.75) is 25.7 Å². The molecular formula is C18H23NO4S. The van der Waals surface area contributed by atoms with Crippen LogP contribution in [0.2, 0.25) is 0 Å². The van der Waals surface area contributed by atoms with E-state index in [1.54, 1.807) is 6.07 Å². The van der Waals surface area contributed by atoms with Gasteiger partial charge in [0.15, 0.2) is 11.5 Å². The molecule has 0 aliphatic carbocycles. The van der Waals surface area contributed by atoms with Crippen molar-refractivity contribution in [3.63, 3.8) is 0 Å².